The van der Waals surface area contributed by atoms with Gasteiger partial charge in [0.1, 0.15) is 5.02 Å². The number of nitrogens with zero attached hydrogens (tertiary/aromatic N) is 1. The predicted octanol–water partition coefficient (Wildman–Crippen LogP) is 6.42. The summed E-state index contributed by atoms with van der Waals surface area (Å²) in [5.41, 5.74) is 2.29. The second-order valence-corrected chi connectivity index (χ2v) is 10.0. The standard InChI is InChI=1S/C21H27ClN2O4S/c1-12(2)15-9-17(13(3)4)21(18(10-15)14(5)6)29(27,28)23-16-7-8-19(22)20(11-16)24(25)26/h7-14,23H,1-6H3. The number of halogens is 1. The van der Waals surface area contributed by atoms with Gasteiger partial charge in [0.05, 0.1) is 15.5 Å². The second kappa shape index (κ2) is 8.71. The normalized spacial score (nSPS) is 12.1. The van der Waals surface area contributed by atoms with E-state index < -0.39 is 14.9 Å². The molecular weight excluding hydrogens is 412 g/mol. The quantitative estimate of drug-likeness (QED) is 0.399. The third-order valence-electron chi connectivity index (χ3n) is 4.74. The zero-order chi connectivity index (χ0) is 22.1. The lowest BCUT2D eigenvalue weighted by molar-refractivity contribution is -0.384. The Kier molecular flexibility index (Phi) is 6.96. The van der Waals surface area contributed by atoms with Crippen LogP contribution in [0.1, 0.15) is 76.0 Å². The highest BCUT2D eigenvalue weighted by Crippen LogP contribution is 2.36. The number of nitro groups is 1. The largest absolute Gasteiger partial charge is 0.289 e. The van der Waals surface area contributed by atoms with Gasteiger partial charge in [-0.05, 0) is 46.6 Å². The van der Waals surface area contributed by atoms with Gasteiger partial charge in [-0.1, -0.05) is 65.3 Å². The average molecular weight is 439 g/mol. The molecule has 0 aliphatic carbocycles. The molecule has 0 bridgehead atoms. The number of rotatable bonds is 7. The lowest BCUT2D eigenvalue weighted by Gasteiger charge is -2.23. The molecule has 29 heavy (non-hydrogen) atoms. The SMILES string of the molecule is CC(C)c1cc(C(C)C)c(S(=O)(=O)Nc2ccc(Cl)c([N+](=O)[O-])c2)c(C(C)C)c1. The molecule has 0 aliphatic rings. The molecule has 0 saturated heterocycles. The van der Waals surface area contributed by atoms with Crippen LogP contribution >= 0.6 is 11.6 Å². The highest BCUT2D eigenvalue weighted by Gasteiger charge is 2.27. The van der Waals surface area contributed by atoms with E-state index in [1.165, 1.54) is 12.1 Å². The topological polar surface area (TPSA) is 89.3 Å². The molecule has 8 heteroatoms. The Morgan fingerprint density at radius 2 is 1.45 bits per heavy atom. The fraction of sp³-hybridized carbons (Fsp3) is 0.429. The van der Waals surface area contributed by atoms with Gasteiger partial charge in [0.15, 0.2) is 0 Å². The van der Waals surface area contributed by atoms with Crippen LogP contribution in [0.15, 0.2) is 35.2 Å². The van der Waals surface area contributed by atoms with Gasteiger partial charge in [0.25, 0.3) is 15.7 Å². The van der Waals surface area contributed by atoms with Crippen molar-refractivity contribution in [1.29, 1.82) is 0 Å². The number of anilines is 1. The molecule has 2 aromatic rings. The summed E-state index contributed by atoms with van der Waals surface area (Å²) in [5, 5.41) is 11.1. The van der Waals surface area contributed by atoms with E-state index in [1.807, 2.05) is 39.8 Å². The molecule has 0 saturated carbocycles. The lowest BCUT2D eigenvalue weighted by Crippen LogP contribution is -2.19. The molecule has 0 unspecified atom stereocenters. The van der Waals surface area contributed by atoms with Crippen molar-refractivity contribution in [2.75, 3.05) is 4.72 Å². The van der Waals surface area contributed by atoms with Crippen LogP contribution in [-0.2, 0) is 10.0 Å². The van der Waals surface area contributed by atoms with E-state index in [2.05, 4.69) is 18.6 Å². The Labute approximate surface area is 177 Å². The highest BCUT2D eigenvalue weighted by atomic mass is 35.5. The van der Waals surface area contributed by atoms with Crippen LogP contribution in [-0.4, -0.2) is 13.3 Å². The summed E-state index contributed by atoms with van der Waals surface area (Å²) >= 11 is 5.84. The monoisotopic (exact) mass is 438 g/mol. The Balaban J connectivity index is 2.68. The van der Waals surface area contributed by atoms with Crippen LogP contribution in [0.5, 0.6) is 0 Å². The van der Waals surface area contributed by atoms with Crippen LogP contribution in [0.4, 0.5) is 11.4 Å². The molecule has 0 atom stereocenters. The smallest absolute Gasteiger partial charge is 0.279 e. The zero-order valence-electron chi connectivity index (χ0n) is 17.5. The maximum atomic E-state index is 13.4. The third kappa shape index (κ3) is 5.08. The maximum Gasteiger partial charge on any atom is 0.289 e. The lowest BCUT2D eigenvalue weighted by atomic mass is 9.89. The van der Waals surface area contributed by atoms with Crippen LogP contribution in [0, 0.1) is 10.1 Å². The molecule has 0 amide bonds. The van der Waals surface area contributed by atoms with Crippen molar-refractivity contribution >= 4 is 33.0 Å². The Morgan fingerprint density at radius 3 is 1.86 bits per heavy atom. The van der Waals surface area contributed by atoms with Crippen LogP contribution in [0.25, 0.3) is 0 Å². The van der Waals surface area contributed by atoms with Gasteiger partial charge in [-0.15, -0.1) is 0 Å². The number of benzene rings is 2. The summed E-state index contributed by atoms with van der Waals surface area (Å²) in [6.07, 6.45) is 0. The molecule has 0 aliphatic heterocycles. The highest BCUT2D eigenvalue weighted by molar-refractivity contribution is 7.92. The fourth-order valence-electron chi connectivity index (χ4n) is 3.12. The molecule has 2 aromatic carbocycles. The van der Waals surface area contributed by atoms with Gasteiger partial charge in [0.2, 0.25) is 0 Å². The van der Waals surface area contributed by atoms with E-state index >= 15 is 0 Å². The maximum absolute atomic E-state index is 13.4. The van der Waals surface area contributed by atoms with E-state index in [1.54, 1.807) is 0 Å². The van der Waals surface area contributed by atoms with Crippen LogP contribution in [0.3, 0.4) is 0 Å². The summed E-state index contributed by atoms with van der Waals surface area (Å²) < 4.78 is 29.3. The van der Waals surface area contributed by atoms with E-state index in [-0.39, 0.29) is 39.0 Å². The van der Waals surface area contributed by atoms with Crippen molar-refractivity contribution in [1.82, 2.24) is 0 Å². The molecule has 0 fully saturated rings. The van der Waals surface area contributed by atoms with Gasteiger partial charge < -0.3 is 0 Å². The fourth-order valence-corrected chi connectivity index (χ4v) is 5.06. The number of nitro benzene ring substituents is 1. The first-order valence-electron chi connectivity index (χ1n) is 9.49. The number of hydrogen-bond acceptors (Lipinski definition) is 4. The number of hydrogen-bond donors (Lipinski definition) is 1. The first-order valence-corrected chi connectivity index (χ1v) is 11.4. The van der Waals surface area contributed by atoms with Crippen molar-refractivity contribution in [3.05, 3.63) is 62.2 Å². The summed E-state index contributed by atoms with van der Waals surface area (Å²) in [7, 11) is -3.98. The van der Waals surface area contributed by atoms with Crippen molar-refractivity contribution in [2.45, 2.75) is 64.2 Å². The Morgan fingerprint density at radius 1 is 0.931 bits per heavy atom. The number of sulfonamides is 1. The van der Waals surface area contributed by atoms with E-state index in [0.717, 1.165) is 22.8 Å². The molecule has 2 rings (SSSR count). The molecule has 0 spiro atoms. The molecule has 6 nitrogen and oxygen atoms in total. The van der Waals surface area contributed by atoms with Gasteiger partial charge in [0, 0.05) is 6.07 Å². The van der Waals surface area contributed by atoms with Crippen molar-refractivity contribution < 1.29 is 13.3 Å². The minimum absolute atomic E-state index is 0.0164. The van der Waals surface area contributed by atoms with Gasteiger partial charge in [-0.3, -0.25) is 14.8 Å². The van der Waals surface area contributed by atoms with Gasteiger partial charge >= 0.3 is 0 Å². The second-order valence-electron chi connectivity index (χ2n) is 8.02. The summed E-state index contributed by atoms with van der Waals surface area (Å²) in [6.45, 7) is 12.0. The molecule has 0 radical (unpaired) electrons. The van der Waals surface area contributed by atoms with Crippen molar-refractivity contribution in [3.8, 4) is 0 Å². The summed E-state index contributed by atoms with van der Waals surface area (Å²) in [6, 6.07) is 7.75. The van der Waals surface area contributed by atoms with Crippen molar-refractivity contribution in [2.24, 2.45) is 0 Å². The molecule has 0 heterocycles. The summed E-state index contributed by atoms with van der Waals surface area (Å²) in [4.78, 5) is 10.7. The average Bonchev–Trinajstić information content (AvgIpc) is 2.61. The predicted molar refractivity (Wildman–Crippen MR) is 118 cm³/mol. The van der Waals surface area contributed by atoms with E-state index in [4.69, 9.17) is 11.6 Å². The van der Waals surface area contributed by atoms with E-state index in [0.29, 0.717) is 0 Å². The van der Waals surface area contributed by atoms with Crippen LogP contribution in [0.2, 0.25) is 5.02 Å². The Hall–Kier alpha value is -2.12. The Bertz CT molecular complexity index is 1000. The van der Waals surface area contributed by atoms with E-state index in [9.17, 15) is 18.5 Å². The summed E-state index contributed by atoms with van der Waals surface area (Å²) in [5.74, 6) is 0.225. The van der Waals surface area contributed by atoms with Gasteiger partial charge in [-0.25, -0.2) is 8.42 Å². The third-order valence-corrected chi connectivity index (χ3v) is 6.58. The zero-order valence-corrected chi connectivity index (χ0v) is 19.1. The van der Waals surface area contributed by atoms with Crippen molar-refractivity contribution in [3.63, 3.8) is 0 Å². The van der Waals surface area contributed by atoms with Crippen LogP contribution < -0.4 is 4.72 Å². The van der Waals surface area contributed by atoms with Gasteiger partial charge in [-0.2, -0.15) is 0 Å². The number of nitrogens with one attached hydrogen (secondary N) is 1. The minimum Gasteiger partial charge on any atom is -0.279 e. The minimum atomic E-state index is -3.98. The molecule has 158 valence electrons. The molecule has 0 aromatic heterocycles. The molecular formula is C21H27ClN2O4S. The molecule has 1 N–H and O–H groups in total. The first kappa shape index (κ1) is 23.2. The first-order chi connectivity index (χ1) is 13.3.